The maximum Gasteiger partial charge on any atom is 0.315 e. The van der Waals surface area contributed by atoms with Gasteiger partial charge in [0.05, 0.1) is 48.1 Å². The van der Waals surface area contributed by atoms with E-state index in [4.69, 9.17) is 9.99 Å². The number of carbonyl (C=O) groups excluding carboxylic acids is 1. The van der Waals surface area contributed by atoms with Crippen LogP contribution in [0.2, 0.25) is 0 Å². The Morgan fingerprint density at radius 3 is 2.30 bits per heavy atom. The van der Waals surface area contributed by atoms with Gasteiger partial charge in [-0.1, -0.05) is 11.6 Å². The van der Waals surface area contributed by atoms with Gasteiger partial charge < -0.3 is 20.7 Å². The number of halogens is 1. The molecule has 0 bridgehead atoms. The number of hydrogen-bond donors (Lipinski definition) is 5. The highest BCUT2D eigenvalue weighted by molar-refractivity contribution is 7.94. The van der Waals surface area contributed by atoms with Crippen molar-refractivity contribution in [3.8, 4) is 0 Å². The molecule has 0 unspecified atom stereocenters. The van der Waals surface area contributed by atoms with Crippen LogP contribution in [0.25, 0.3) is 0 Å². The van der Waals surface area contributed by atoms with Crippen LogP contribution in [0, 0.1) is 6.08 Å². The van der Waals surface area contributed by atoms with Crippen LogP contribution in [-0.4, -0.2) is 73.0 Å². The molecule has 4 rings (SSSR count). The summed E-state index contributed by atoms with van der Waals surface area (Å²) in [5.41, 5.74) is 0.621. The molecule has 5 N–H and O–H groups in total. The number of rotatable bonds is 19. The maximum atomic E-state index is 14.2. The molecular formula is C29H29FN10O10S3. The number of benzene rings is 3. The fraction of sp³-hybridized carbons (Fsp3) is 0.172. The molecule has 1 aromatic heterocycles. The molecule has 0 atom stereocenters. The first-order chi connectivity index (χ1) is 25.2. The smallest absolute Gasteiger partial charge is 0.315 e. The van der Waals surface area contributed by atoms with Gasteiger partial charge in [-0.05, 0) is 60.7 Å². The Bertz CT molecular complexity index is 2210. The fourth-order valence-corrected chi connectivity index (χ4v) is 5.42. The number of carbonyl (C=O) groups is 1. The van der Waals surface area contributed by atoms with Crippen molar-refractivity contribution < 1.29 is 49.9 Å². The lowest BCUT2D eigenvalue weighted by Gasteiger charge is -2.11. The van der Waals surface area contributed by atoms with E-state index in [1.165, 1.54) is 37.3 Å². The summed E-state index contributed by atoms with van der Waals surface area (Å²) in [5, 5.41) is 36.7. The molecule has 0 radical (unpaired) electrons. The van der Waals surface area contributed by atoms with Crippen molar-refractivity contribution in [2.75, 3.05) is 41.5 Å². The first-order valence-corrected chi connectivity index (χ1v) is 18.6. The lowest BCUT2D eigenvalue weighted by Crippen LogP contribution is -2.16. The Hall–Kier alpha value is -5.34. The van der Waals surface area contributed by atoms with Crippen molar-refractivity contribution >= 4 is 83.9 Å². The molecule has 0 aliphatic heterocycles. The van der Waals surface area contributed by atoms with E-state index in [1.807, 2.05) is 0 Å². The molecule has 53 heavy (non-hydrogen) atoms. The summed E-state index contributed by atoms with van der Waals surface area (Å²) < 4.78 is 81.0. The molecular weight excluding hydrogens is 764 g/mol. The average molecular weight is 793 g/mol. The van der Waals surface area contributed by atoms with Crippen molar-refractivity contribution in [3.05, 3.63) is 78.7 Å². The number of amides is 1. The minimum Gasteiger partial charge on any atom is -0.379 e. The number of hydrogen-bond acceptors (Lipinski definition) is 19. The van der Waals surface area contributed by atoms with E-state index in [9.17, 15) is 30.6 Å². The first kappa shape index (κ1) is 40.4. The van der Waals surface area contributed by atoms with Crippen LogP contribution < -0.4 is 16.0 Å². The zero-order valence-corrected chi connectivity index (χ0v) is 29.7. The molecule has 20 nitrogen and oxygen atoms in total. The quantitative estimate of drug-likeness (QED) is 0.0176. The summed E-state index contributed by atoms with van der Waals surface area (Å²) in [6, 6.07) is 14.2. The summed E-state index contributed by atoms with van der Waals surface area (Å²) in [7, 11) is -8.23. The number of azo groups is 2. The summed E-state index contributed by atoms with van der Waals surface area (Å²) in [6.45, 7) is 4.57. The predicted molar refractivity (Wildman–Crippen MR) is 189 cm³/mol. The van der Waals surface area contributed by atoms with Crippen molar-refractivity contribution in [2.24, 2.45) is 20.5 Å². The molecule has 0 saturated heterocycles. The van der Waals surface area contributed by atoms with E-state index in [-0.39, 0.29) is 65.8 Å². The van der Waals surface area contributed by atoms with Crippen molar-refractivity contribution in [1.29, 1.82) is 0 Å². The zero-order chi connectivity index (χ0) is 38.4. The van der Waals surface area contributed by atoms with Gasteiger partial charge in [0.1, 0.15) is 16.3 Å². The maximum absolute atomic E-state index is 14.2. The summed E-state index contributed by atoms with van der Waals surface area (Å²) in [4.78, 5) is 23.2. The third-order valence-corrected chi connectivity index (χ3v) is 8.95. The lowest BCUT2D eigenvalue weighted by atomic mass is 10.2. The van der Waals surface area contributed by atoms with Gasteiger partial charge in [-0.2, -0.15) is 38.0 Å². The second kappa shape index (κ2) is 18.9. The monoisotopic (exact) mass is 792 g/mol. The Balaban J connectivity index is 1.48. The second-order valence-electron chi connectivity index (χ2n) is 10.1. The molecule has 24 heteroatoms. The predicted octanol–water partition coefficient (Wildman–Crippen LogP) is 6.21. The normalized spacial score (nSPS) is 11.9. The fourth-order valence-electron chi connectivity index (χ4n) is 3.90. The van der Waals surface area contributed by atoms with Crippen LogP contribution in [0.15, 0.2) is 103 Å². The molecule has 0 fully saturated rings. The van der Waals surface area contributed by atoms with Crippen LogP contribution >= 0.6 is 12.0 Å². The van der Waals surface area contributed by atoms with Crippen LogP contribution in [0.5, 0.6) is 0 Å². The molecule has 3 aromatic carbocycles. The summed E-state index contributed by atoms with van der Waals surface area (Å²) >= 11 is 0.742. The molecule has 1 heterocycles. The van der Waals surface area contributed by atoms with Crippen LogP contribution in [0.4, 0.5) is 50.4 Å². The topological polar surface area (TPSA) is 278 Å². The Kier molecular flexibility index (Phi) is 14.5. The highest BCUT2D eigenvalue weighted by Crippen LogP contribution is 2.34. The molecule has 0 spiro atoms. The minimum absolute atomic E-state index is 0.0553. The third-order valence-electron chi connectivity index (χ3n) is 6.23. The molecule has 0 aliphatic carbocycles. The molecule has 0 aliphatic rings. The van der Waals surface area contributed by atoms with Gasteiger partial charge >= 0.3 is 6.08 Å². The molecule has 4 aromatic rings. The van der Waals surface area contributed by atoms with Crippen LogP contribution in [0.1, 0.15) is 6.92 Å². The third kappa shape index (κ3) is 13.3. The highest BCUT2D eigenvalue weighted by atomic mass is 32.2. The van der Waals surface area contributed by atoms with Gasteiger partial charge in [-0.25, -0.2) is 13.7 Å². The Morgan fingerprint density at radius 1 is 0.925 bits per heavy atom. The largest absolute Gasteiger partial charge is 0.379 e. The van der Waals surface area contributed by atoms with Gasteiger partial charge in [0, 0.05) is 29.5 Å². The number of aromatic nitrogens is 3. The molecule has 280 valence electrons. The Morgan fingerprint density at radius 2 is 1.60 bits per heavy atom. The van der Waals surface area contributed by atoms with E-state index in [2.05, 4.69) is 67.3 Å². The van der Waals surface area contributed by atoms with E-state index in [0.29, 0.717) is 10.6 Å². The van der Waals surface area contributed by atoms with Crippen molar-refractivity contribution in [1.82, 2.24) is 15.0 Å². The van der Waals surface area contributed by atoms with Gasteiger partial charge in [0.2, 0.25) is 17.8 Å². The van der Waals surface area contributed by atoms with Gasteiger partial charge in [0.15, 0.2) is 9.84 Å². The van der Waals surface area contributed by atoms with Crippen molar-refractivity contribution in [2.45, 2.75) is 16.7 Å². The van der Waals surface area contributed by atoms with E-state index < -0.39 is 36.8 Å². The first-order valence-electron chi connectivity index (χ1n) is 14.7. The van der Waals surface area contributed by atoms with Gasteiger partial charge in [-0.3, -0.25) is 9.35 Å². The average Bonchev–Trinajstić information content (AvgIpc) is 3.10. The number of ether oxygens (including phenoxy) is 1. The molecule has 1 amide bonds. The summed E-state index contributed by atoms with van der Waals surface area (Å²) in [5.74, 6) is -1.09. The minimum atomic E-state index is -4.82. The zero-order valence-electron chi connectivity index (χ0n) is 27.3. The SMILES string of the molecule is C=CS(=O)(=O)CCOCCNc1nc(F)nc(Nc2ccc(/N=N/c3ccc(/N=N/c4ccc(SOOO)cc4)cc3S(=O)(=O)O)c(NC(C)=O)c2)n1. The summed E-state index contributed by atoms with van der Waals surface area (Å²) in [6.07, 6.45) is -1.12. The van der Waals surface area contributed by atoms with Crippen molar-refractivity contribution in [3.63, 3.8) is 0 Å². The van der Waals surface area contributed by atoms with E-state index in [1.54, 1.807) is 24.3 Å². The van der Waals surface area contributed by atoms with Gasteiger partial charge in [-0.15, -0.1) is 14.6 Å². The Labute approximate surface area is 305 Å². The van der Waals surface area contributed by atoms with E-state index in [0.717, 1.165) is 23.5 Å². The standard InChI is InChI=1S/C29H29FN10O10S3/c1-3-52(43,44)15-14-48-13-12-31-28-34-27(30)35-29(36-28)33-20-6-10-23(25(16-20)32-18(2)41)39-40-24-11-7-21(17-26(24)53(45,46)47)38-37-19-4-8-22(9-5-19)51-50-49-42/h3-11,16-17,42H,1,12-15H2,2H3,(H,32,41)(H,45,46,47)(H2,31,33,34,35,36)/b38-37+,40-39+. The number of anilines is 4. The number of nitrogens with one attached hydrogen (secondary N) is 3. The number of sulfone groups is 1. The molecule has 0 saturated carbocycles. The van der Waals surface area contributed by atoms with E-state index >= 15 is 0 Å². The van der Waals surface area contributed by atoms with Crippen LogP contribution in [-0.2, 0) is 38.9 Å². The van der Waals surface area contributed by atoms with Gasteiger partial charge in [0.25, 0.3) is 10.1 Å². The number of nitrogens with zero attached hydrogens (tertiary/aromatic N) is 7. The highest BCUT2D eigenvalue weighted by Gasteiger charge is 2.17. The second-order valence-corrected chi connectivity index (χ2v) is 14.3. The lowest BCUT2D eigenvalue weighted by molar-refractivity contribution is -0.432. The van der Waals surface area contributed by atoms with Crippen LogP contribution in [0.3, 0.4) is 0 Å².